The van der Waals surface area contributed by atoms with Gasteiger partial charge in [-0.2, -0.15) is 0 Å². The van der Waals surface area contributed by atoms with Crippen LogP contribution in [0.2, 0.25) is 0 Å². The van der Waals surface area contributed by atoms with E-state index in [1.807, 2.05) is 11.3 Å². The summed E-state index contributed by atoms with van der Waals surface area (Å²) in [6.45, 7) is -0.325. The highest BCUT2D eigenvalue weighted by atomic mass is 32.1. The maximum absolute atomic E-state index is 7.40. The number of nitrogens with zero attached hydrogens (tertiary/aromatic N) is 2. The Morgan fingerprint density at radius 2 is 0.791 bits per heavy atom. The molecule has 67 heavy (non-hydrogen) atoms. The zero-order chi connectivity index (χ0) is 43.5. The molecule has 14 aromatic rings. The Hall–Kier alpha value is -8.52. The van der Waals surface area contributed by atoms with Gasteiger partial charge >= 0.3 is 0 Å². The van der Waals surface area contributed by atoms with Crippen molar-refractivity contribution in [3.8, 4) is 11.1 Å². The van der Waals surface area contributed by atoms with E-state index in [4.69, 9.17) is 13.3 Å². The lowest BCUT2D eigenvalue weighted by molar-refractivity contribution is 0.665. The molecule has 2 aliphatic heterocycles. The molecule has 0 amide bonds. The van der Waals surface area contributed by atoms with E-state index in [1.165, 1.54) is 31.1 Å². The molecule has 5 nitrogen and oxygen atoms in total. The Kier molecular flexibility index (Phi) is 6.98. The number of hydrogen-bond acceptors (Lipinski definition) is 6. The molecule has 0 radical (unpaired) electrons. The molecule has 0 aliphatic carbocycles. The predicted molar refractivity (Wildman–Crippen MR) is 281 cm³/mol. The molecular formula is C60H33BN2O3S. The van der Waals surface area contributed by atoms with Gasteiger partial charge in [0.2, 0.25) is 0 Å². The number of benzene rings is 10. The molecule has 0 fully saturated rings. The van der Waals surface area contributed by atoms with E-state index >= 15 is 0 Å². The highest BCUT2D eigenvalue weighted by Crippen LogP contribution is 2.55. The fourth-order valence-corrected chi connectivity index (χ4v) is 13.1. The number of hydrogen-bond donors (Lipinski definition) is 0. The Morgan fingerprint density at radius 3 is 1.36 bits per heavy atom. The molecule has 0 unspecified atom stereocenters. The van der Waals surface area contributed by atoms with Gasteiger partial charge in [0.25, 0.3) is 6.71 Å². The second kappa shape index (κ2) is 13.1. The Labute approximate surface area is 387 Å². The minimum Gasteiger partial charge on any atom is -0.456 e. The first kappa shape index (κ1) is 35.8. The fourth-order valence-electron chi connectivity index (χ4n) is 11.8. The first-order valence-electron chi connectivity index (χ1n) is 22.8. The summed E-state index contributed by atoms with van der Waals surface area (Å²) in [4.78, 5) is 4.96. The third-order valence-electron chi connectivity index (χ3n) is 14.4. The van der Waals surface area contributed by atoms with Crippen LogP contribution in [-0.4, -0.2) is 6.71 Å². The summed E-state index contributed by atoms with van der Waals surface area (Å²) in [6.07, 6.45) is 0. The van der Waals surface area contributed by atoms with Crippen molar-refractivity contribution in [1.29, 1.82) is 0 Å². The van der Waals surface area contributed by atoms with Crippen molar-refractivity contribution in [2.45, 2.75) is 0 Å². The van der Waals surface area contributed by atoms with Gasteiger partial charge in [-0.05, 0) is 82.7 Å². The zero-order valence-electron chi connectivity index (χ0n) is 35.7. The molecule has 310 valence electrons. The number of fused-ring (bicyclic) bond motifs is 22. The summed E-state index contributed by atoms with van der Waals surface area (Å²) < 4.78 is 24.5. The van der Waals surface area contributed by atoms with Crippen molar-refractivity contribution in [2.75, 3.05) is 9.80 Å². The van der Waals surface area contributed by atoms with E-state index in [-0.39, 0.29) is 6.71 Å². The molecule has 0 atom stereocenters. The molecule has 0 bridgehead atoms. The van der Waals surface area contributed by atoms with Gasteiger partial charge in [0.15, 0.2) is 11.2 Å². The van der Waals surface area contributed by atoms with Gasteiger partial charge in [-0.15, -0.1) is 11.3 Å². The summed E-state index contributed by atoms with van der Waals surface area (Å²) in [5.74, 6) is 0. The molecule has 0 saturated heterocycles. The summed E-state index contributed by atoms with van der Waals surface area (Å²) >= 11 is 1.88. The Bertz CT molecular complexity index is 4160. The van der Waals surface area contributed by atoms with Gasteiger partial charge in [-0.3, -0.25) is 0 Å². The standard InChI is InChI=1S/C60H33BN2O3S/c1-4-18-34(19-5-1)35-32-42-52-43(33-35)63(37-22-8-3-9-23-37)56-54(60-51(41-27-13-17-31-47(41)67-60)50-40-26-12-16-30-46(40)66-59(50)56)61(52)53-55(62(42)36-20-6-2-7-21-36)58-49(39-25-11-15-29-45(39)65-58)48-38-24-10-14-28-44(38)64-57(48)53/h1-33H. The average Bonchev–Trinajstić information content (AvgIpc) is 4.17. The molecule has 10 aromatic carbocycles. The van der Waals surface area contributed by atoms with Crippen molar-refractivity contribution in [3.05, 3.63) is 200 Å². The summed E-state index contributed by atoms with van der Waals surface area (Å²) in [7, 11) is 0. The quantitative estimate of drug-likeness (QED) is 0.166. The lowest BCUT2D eigenvalue weighted by atomic mass is 9.33. The second-order valence-electron chi connectivity index (χ2n) is 17.8. The topological polar surface area (TPSA) is 45.9 Å². The van der Waals surface area contributed by atoms with Crippen LogP contribution in [0, 0.1) is 0 Å². The van der Waals surface area contributed by atoms with Crippen molar-refractivity contribution >= 4 is 155 Å². The van der Waals surface area contributed by atoms with Gasteiger partial charge in [-0.1, -0.05) is 140 Å². The summed E-state index contributed by atoms with van der Waals surface area (Å²) in [6, 6.07) is 71.6. The fraction of sp³-hybridized carbons (Fsp3) is 0. The zero-order valence-corrected chi connectivity index (χ0v) is 36.5. The van der Waals surface area contributed by atoms with Crippen LogP contribution < -0.4 is 26.2 Å². The molecular weight excluding hydrogens is 840 g/mol. The van der Waals surface area contributed by atoms with Crippen molar-refractivity contribution in [3.63, 3.8) is 0 Å². The lowest BCUT2D eigenvalue weighted by Crippen LogP contribution is -2.61. The van der Waals surface area contributed by atoms with E-state index < -0.39 is 0 Å². The molecule has 2 aliphatic rings. The van der Waals surface area contributed by atoms with Crippen LogP contribution in [0.15, 0.2) is 213 Å². The van der Waals surface area contributed by atoms with Gasteiger partial charge in [-0.25, -0.2) is 0 Å². The van der Waals surface area contributed by atoms with E-state index in [0.29, 0.717) is 0 Å². The monoisotopic (exact) mass is 872 g/mol. The minimum atomic E-state index is -0.325. The van der Waals surface area contributed by atoms with Crippen LogP contribution in [0.1, 0.15) is 0 Å². The van der Waals surface area contributed by atoms with Gasteiger partial charge in [0.05, 0.1) is 11.4 Å². The maximum atomic E-state index is 7.40. The van der Waals surface area contributed by atoms with Crippen molar-refractivity contribution < 1.29 is 13.3 Å². The first-order chi connectivity index (χ1) is 33.3. The Balaban J connectivity index is 1.20. The van der Waals surface area contributed by atoms with Crippen LogP contribution in [0.4, 0.5) is 34.1 Å². The molecule has 0 spiro atoms. The van der Waals surface area contributed by atoms with Crippen LogP contribution in [0.3, 0.4) is 0 Å². The van der Waals surface area contributed by atoms with E-state index in [2.05, 4.69) is 210 Å². The van der Waals surface area contributed by atoms with Gasteiger partial charge in [0, 0.05) is 80.7 Å². The lowest BCUT2D eigenvalue weighted by Gasteiger charge is -2.44. The third kappa shape index (κ3) is 4.63. The van der Waals surface area contributed by atoms with Crippen molar-refractivity contribution in [1.82, 2.24) is 0 Å². The SMILES string of the molecule is c1ccc(-c2cc3c4c(c2)N(c2ccccc2)c2c(c5sc6ccccc6c5c5c2oc2ccccc25)B4c2c(c4oc5ccccc5c4c4c2oc2ccccc24)N3c2ccccc2)cc1. The van der Waals surface area contributed by atoms with Crippen LogP contribution in [0.5, 0.6) is 0 Å². The molecule has 16 rings (SSSR count). The van der Waals surface area contributed by atoms with E-state index in [0.717, 1.165) is 117 Å². The second-order valence-corrected chi connectivity index (χ2v) is 18.9. The predicted octanol–water partition coefficient (Wildman–Crippen LogP) is 15.5. The number of thiophene rings is 1. The van der Waals surface area contributed by atoms with E-state index in [9.17, 15) is 0 Å². The van der Waals surface area contributed by atoms with Gasteiger partial charge < -0.3 is 23.1 Å². The average molecular weight is 873 g/mol. The first-order valence-corrected chi connectivity index (χ1v) is 23.6. The van der Waals surface area contributed by atoms with Crippen LogP contribution >= 0.6 is 11.3 Å². The smallest absolute Gasteiger partial charge is 0.259 e. The van der Waals surface area contributed by atoms with Crippen LogP contribution in [0.25, 0.3) is 97.1 Å². The molecule has 0 saturated carbocycles. The summed E-state index contributed by atoms with van der Waals surface area (Å²) in [5.41, 5.74) is 17.1. The van der Waals surface area contributed by atoms with Crippen molar-refractivity contribution in [2.24, 2.45) is 0 Å². The molecule has 6 heterocycles. The highest BCUT2D eigenvalue weighted by Gasteiger charge is 2.49. The number of anilines is 6. The van der Waals surface area contributed by atoms with Crippen LogP contribution in [-0.2, 0) is 0 Å². The number of para-hydroxylation sites is 5. The third-order valence-corrected chi connectivity index (χ3v) is 15.6. The highest BCUT2D eigenvalue weighted by molar-refractivity contribution is 7.28. The summed E-state index contributed by atoms with van der Waals surface area (Å²) in [5, 5.41) is 8.93. The molecule has 0 N–H and O–H groups in total. The maximum Gasteiger partial charge on any atom is 0.259 e. The van der Waals surface area contributed by atoms with E-state index in [1.54, 1.807) is 0 Å². The largest absolute Gasteiger partial charge is 0.456 e. The molecule has 4 aromatic heterocycles. The number of furan rings is 3. The number of rotatable bonds is 3. The Morgan fingerprint density at radius 1 is 0.358 bits per heavy atom. The minimum absolute atomic E-state index is 0.325. The normalized spacial score (nSPS) is 13.3. The van der Waals surface area contributed by atoms with Gasteiger partial charge in [0.1, 0.15) is 22.3 Å². The molecule has 7 heteroatoms.